The Hall–Kier alpha value is 0.567. The first kappa shape index (κ1) is 22.6. The molecule has 1 aliphatic carbocycles. The predicted octanol–water partition coefficient (Wildman–Crippen LogP) is 8.68. The summed E-state index contributed by atoms with van der Waals surface area (Å²) in [6.07, 6.45) is 22.6. The molecular weight excluding hydrogens is 324 g/mol. The maximum atomic E-state index is 2.68. The largest absolute Gasteiger partial charge is 0.162 e. The zero-order valence-corrected chi connectivity index (χ0v) is 19.0. The fourth-order valence-electron chi connectivity index (χ4n) is 4.43. The zero-order valence-electron chi connectivity index (χ0n) is 17.2. The van der Waals surface area contributed by atoms with Gasteiger partial charge in [-0.1, -0.05) is 116 Å². The molecule has 0 nitrogen and oxygen atoms in total. The second kappa shape index (κ2) is 14.7. The van der Waals surface area contributed by atoms with Gasteiger partial charge in [-0.15, -0.1) is 0 Å². The lowest BCUT2D eigenvalue weighted by atomic mass is 10.0. The van der Waals surface area contributed by atoms with Crippen LogP contribution in [0, 0.1) is 0 Å². The Labute approximate surface area is 159 Å². The Balaban J connectivity index is 1.84. The van der Waals surface area contributed by atoms with Crippen molar-refractivity contribution >= 4 is 19.8 Å². The van der Waals surface area contributed by atoms with Crippen molar-refractivity contribution < 1.29 is 0 Å². The molecule has 0 aromatic carbocycles. The van der Waals surface area contributed by atoms with Gasteiger partial charge in [0.1, 0.15) is 0 Å². The smallest absolute Gasteiger partial charge is 0.0504 e. The van der Waals surface area contributed by atoms with Gasteiger partial charge in [-0.05, 0) is 23.5 Å². The van der Waals surface area contributed by atoms with Crippen LogP contribution in [-0.4, -0.2) is 19.6 Å². The zero-order chi connectivity index (χ0) is 17.5. The summed E-state index contributed by atoms with van der Waals surface area (Å²) in [5.41, 5.74) is 1.15. The van der Waals surface area contributed by atoms with E-state index < -0.39 is 8.07 Å². The Morgan fingerprint density at radius 2 is 1.21 bits per heavy atom. The van der Waals surface area contributed by atoms with Crippen LogP contribution in [0.3, 0.4) is 0 Å². The van der Waals surface area contributed by atoms with Crippen LogP contribution in [0.25, 0.3) is 0 Å². The predicted molar refractivity (Wildman–Crippen MR) is 118 cm³/mol. The first-order valence-electron chi connectivity index (χ1n) is 11.2. The number of hydrogen-bond donors (Lipinski definition) is 0. The highest BCUT2D eigenvalue weighted by molar-refractivity contribution is 7.99. The van der Waals surface area contributed by atoms with E-state index in [1.165, 1.54) is 95.0 Å². The molecule has 0 aliphatic heterocycles. The van der Waals surface area contributed by atoms with Crippen molar-refractivity contribution in [3.05, 3.63) is 0 Å². The molecule has 1 fully saturated rings. The molecule has 0 heterocycles. The molecule has 0 aromatic rings. The first-order valence-corrected chi connectivity index (χ1v) is 15.7. The van der Waals surface area contributed by atoms with Gasteiger partial charge >= 0.3 is 0 Å². The Morgan fingerprint density at radius 3 is 1.75 bits per heavy atom. The van der Waals surface area contributed by atoms with E-state index in [4.69, 9.17) is 0 Å². The van der Waals surface area contributed by atoms with Crippen molar-refractivity contribution in [1.29, 1.82) is 0 Å². The van der Waals surface area contributed by atoms with Crippen molar-refractivity contribution in [2.24, 2.45) is 0 Å². The third-order valence-electron chi connectivity index (χ3n) is 6.27. The highest BCUT2D eigenvalue weighted by Gasteiger charge is 2.31. The van der Waals surface area contributed by atoms with Crippen LogP contribution in [0.15, 0.2) is 0 Å². The summed E-state index contributed by atoms with van der Waals surface area (Å²) in [7, 11) is -0.904. The molecule has 0 radical (unpaired) electrons. The van der Waals surface area contributed by atoms with Gasteiger partial charge in [-0.3, -0.25) is 0 Å². The lowest BCUT2D eigenvalue weighted by Gasteiger charge is -2.35. The second-order valence-corrected chi connectivity index (χ2v) is 15.5. The molecule has 0 spiro atoms. The first-order chi connectivity index (χ1) is 11.7. The minimum atomic E-state index is -0.904. The average Bonchev–Trinajstić information content (AvgIpc) is 2.60. The molecule has 144 valence electrons. The van der Waals surface area contributed by atoms with Gasteiger partial charge in [-0.25, -0.2) is 0 Å². The fraction of sp³-hybridized carbons (Fsp3) is 1.00. The van der Waals surface area contributed by atoms with Crippen LogP contribution in [-0.2, 0) is 0 Å². The van der Waals surface area contributed by atoms with E-state index in [1.807, 2.05) is 0 Å². The van der Waals surface area contributed by atoms with E-state index in [9.17, 15) is 0 Å². The van der Waals surface area contributed by atoms with Crippen molar-refractivity contribution in [2.45, 2.75) is 128 Å². The van der Waals surface area contributed by atoms with Gasteiger partial charge < -0.3 is 0 Å². The molecule has 1 aliphatic rings. The molecule has 0 unspecified atom stereocenters. The fourth-order valence-corrected chi connectivity index (χ4v) is 8.67. The summed E-state index contributed by atoms with van der Waals surface area (Å²) in [6.45, 7) is 7.63. The maximum Gasteiger partial charge on any atom is 0.0504 e. The number of rotatable bonds is 15. The summed E-state index contributed by atoms with van der Waals surface area (Å²) in [6, 6.07) is 1.60. The molecule has 0 amide bonds. The van der Waals surface area contributed by atoms with Gasteiger partial charge in [0.2, 0.25) is 0 Å². The molecule has 0 bridgehead atoms. The van der Waals surface area contributed by atoms with Crippen molar-refractivity contribution in [2.75, 3.05) is 11.5 Å². The van der Waals surface area contributed by atoms with Crippen LogP contribution in [0.1, 0.15) is 103 Å². The lowest BCUT2D eigenvalue weighted by Crippen LogP contribution is -2.33. The Kier molecular flexibility index (Phi) is 13.9. The van der Waals surface area contributed by atoms with Gasteiger partial charge in [0.25, 0.3) is 0 Å². The Bertz CT molecular complexity index is 271. The quantitative estimate of drug-likeness (QED) is 0.205. The van der Waals surface area contributed by atoms with Crippen LogP contribution in [0.4, 0.5) is 0 Å². The van der Waals surface area contributed by atoms with Gasteiger partial charge in [0.05, 0.1) is 8.07 Å². The van der Waals surface area contributed by atoms with Crippen molar-refractivity contribution in [1.82, 2.24) is 0 Å². The van der Waals surface area contributed by atoms with Gasteiger partial charge in [0, 0.05) is 0 Å². The number of unbranched alkanes of at least 4 members (excludes halogenated alkanes) is 9. The van der Waals surface area contributed by atoms with E-state index in [0.717, 1.165) is 5.54 Å². The van der Waals surface area contributed by atoms with E-state index in [0.29, 0.717) is 0 Å². The van der Waals surface area contributed by atoms with Crippen LogP contribution in [0.5, 0.6) is 0 Å². The van der Waals surface area contributed by atoms with Crippen LogP contribution < -0.4 is 0 Å². The molecule has 0 N–H and O–H groups in total. The molecule has 0 aromatic heterocycles. The lowest BCUT2D eigenvalue weighted by molar-refractivity contribution is 0.489. The summed E-state index contributed by atoms with van der Waals surface area (Å²) in [5.74, 6) is 2.68. The summed E-state index contributed by atoms with van der Waals surface area (Å²) in [5, 5.41) is 0. The minimum absolute atomic E-state index is 0.904. The maximum absolute atomic E-state index is 2.68. The molecule has 24 heavy (non-hydrogen) atoms. The average molecular weight is 371 g/mol. The monoisotopic (exact) mass is 370 g/mol. The molecule has 1 saturated carbocycles. The third kappa shape index (κ3) is 11.2. The van der Waals surface area contributed by atoms with E-state index in [2.05, 4.69) is 31.8 Å². The van der Waals surface area contributed by atoms with Crippen LogP contribution in [0.2, 0.25) is 24.7 Å². The normalized spacial score (nSPS) is 16.6. The number of hydrogen-bond acceptors (Lipinski definition) is 1. The van der Waals surface area contributed by atoms with E-state index in [-0.39, 0.29) is 0 Å². The molecule has 1 rings (SSSR count). The molecule has 0 saturated heterocycles. The molecule has 0 atom stereocenters. The Morgan fingerprint density at radius 1 is 0.708 bits per heavy atom. The summed E-state index contributed by atoms with van der Waals surface area (Å²) in [4.78, 5) is 0. The van der Waals surface area contributed by atoms with E-state index in [1.54, 1.807) is 18.9 Å². The van der Waals surface area contributed by atoms with Crippen LogP contribution >= 0.6 is 11.8 Å². The second-order valence-electron chi connectivity index (χ2n) is 8.81. The van der Waals surface area contributed by atoms with Gasteiger partial charge in [0.15, 0.2) is 0 Å². The topological polar surface area (TPSA) is 0 Å². The highest BCUT2D eigenvalue weighted by atomic mass is 32.2. The summed E-state index contributed by atoms with van der Waals surface area (Å²) < 4.78 is 0. The molecule has 2 heteroatoms. The molecular formula is C22H46SSi. The van der Waals surface area contributed by atoms with Gasteiger partial charge in [-0.2, -0.15) is 11.8 Å². The van der Waals surface area contributed by atoms with Crippen molar-refractivity contribution in [3.63, 3.8) is 0 Å². The number of thioether (sulfide) groups is 1. The summed E-state index contributed by atoms with van der Waals surface area (Å²) >= 11 is 2.10. The highest BCUT2D eigenvalue weighted by Crippen LogP contribution is 2.39. The third-order valence-corrected chi connectivity index (χ3v) is 11.7. The SMILES string of the molecule is CCSCCCCCCCCCCCC[Si](C)(C)C1CCCCC1. The standard InChI is InChI=1S/C22H46SSi/c1-4-23-20-16-11-9-7-5-6-8-10-12-17-21-24(2,3)22-18-14-13-15-19-22/h22H,4-21H2,1-3H3. The van der Waals surface area contributed by atoms with E-state index >= 15 is 0 Å². The van der Waals surface area contributed by atoms with Crippen molar-refractivity contribution in [3.8, 4) is 0 Å². The minimum Gasteiger partial charge on any atom is -0.162 e.